The molecule has 0 spiro atoms. The maximum Gasteiger partial charge on any atom is 0.323 e. The van der Waals surface area contributed by atoms with Gasteiger partial charge in [0.05, 0.1) is 0 Å². The van der Waals surface area contributed by atoms with Crippen LogP contribution in [0, 0.1) is 6.92 Å². The lowest BCUT2D eigenvalue weighted by Gasteiger charge is -2.32. The zero-order valence-corrected chi connectivity index (χ0v) is 15.0. The predicted octanol–water partition coefficient (Wildman–Crippen LogP) is 2.74. The second-order valence-electron chi connectivity index (χ2n) is 5.71. The van der Waals surface area contributed by atoms with Gasteiger partial charge in [0.1, 0.15) is 0 Å². The normalized spacial score (nSPS) is 19.0. The number of piperidine rings is 1. The number of halogens is 1. The van der Waals surface area contributed by atoms with E-state index in [2.05, 4.69) is 28.1 Å². The van der Waals surface area contributed by atoms with Gasteiger partial charge in [-0.1, -0.05) is 28.1 Å². The quantitative estimate of drug-likeness (QED) is 0.858. The Morgan fingerprint density at radius 3 is 2.45 bits per heavy atom. The lowest BCUT2D eigenvalue weighted by atomic mass is 9.89. The van der Waals surface area contributed by atoms with Gasteiger partial charge in [0, 0.05) is 17.6 Å². The predicted molar refractivity (Wildman–Crippen MR) is 88.4 cm³/mol. The minimum Gasteiger partial charge on any atom is -0.480 e. The van der Waals surface area contributed by atoms with Crippen LogP contribution in [0.3, 0.4) is 0 Å². The number of carboxylic acid groups (broad SMARTS) is 1. The van der Waals surface area contributed by atoms with E-state index in [0.29, 0.717) is 31.8 Å². The number of aliphatic carboxylic acids is 1. The Morgan fingerprint density at radius 1 is 1.36 bits per heavy atom. The van der Waals surface area contributed by atoms with Crippen molar-refractivity contribution in [3.8, 4) is 0 Å². The molecule has 1 aromatic carbocycles. The van der Waals surface area contributed by atoms with Crippen molar-refractivity contribution in [2.75, 3.05) is 13.1 Å². The first-order valence-corrected chi connectivity index (χ1v) is 9.51. The van der Waals surface area contributed by atoms with Crippen LogP contribution in [0.15, 0.2) is 22.7 Å². The summed E-state index contributed by atoms with van der Waals surface area (Å²) in [6.45, 7) is 4.00. The monoisotopic (exact) mass is 389 g/mol. The van der Waals surface area contributed by atoms with E-state index in [1.807, 2.05) is 13.0 Å². The molecule has 2 rings (SSSR count). The fraction of sp³-hybridized carbons (Fsp3) is 0.533. The summed E-state index contributed by atoms with van der Waals surface area (Å²) in [6, 6.07) is 6.20. The van der Waals surface area contributed by atoms with Gasteiger partial charge in [0.25, 0.3) is 0 Å². The lowest BCUT2D eigenvalue weighted by Crippen LogP contribution is -2.44. The first kappa shape index (κ1) is 17.4. The van der Waals surface area contributed by atoms with Crippen molar-refractivity contribution < 1.29 is 18.3 Å². The molecule has 1 saturated heterocycles. The molecule has 1 aliphatic heterocycles. The minimum atomic E-state index is -3.76. The van der Waals surface area contributed by atoms with Crippen molar-refractivity contribution in [2.24, 2.45) is 0 Å². The van der Waals surface area contributed by atoms with Crippen LogP contribution < -0.4 is 0 Å². The molecular weight excluding hydrogens is 370 g/mol. The van der Waals surface area contributed by atoms with Crippen LogP contribution in [0.1, 0.15) is 36.8 Å². The average molecular weight is 390 g/mol. The number of aryl methyl sites for hydroxylation is 1. The molecule has 0 saturated carbocycles. The largest absolute Gasteiger partial charge is 0.480 e. The molecule has 122 valence electrons. The van der Waals surface area contributed by atoms with Gasteiger partial charge in [-0.05, 0) is 49.8 Å². The van der Waals surface area contributed by atoms with E-state index >= 15 is 0 Å². The van der Waals surface area contributed by atoms with E-state index in [9.17, 15) is 13.2 Å². The molecule has 7 heteroatoms. The Labute approximate surface area is 139 Å². The molecule has 5 nitrogen and oxygen atoms in total. The molecule has 1 atom stereocenters. The third kappa shape index (κ3) is 3.52. The highest BCUT2D eigenvalue weighted by molar-refractivity contribution is 9.10. The zero-order valence-electron chi connectivity index (χ0n) is 12.6. The Hall–Kier alpha value is -0.920. The summed E-state index contributed by atoms with van der Waals surface area (Å²) in [5.41, 5.74) is 2.37. The molecule has 1 heterocycles. The second kappa shape index (κ2) is 6.68. The SMILES string of the molecule is Cc1cc(C2CCN(S(=O)(=O)C(C)C(=O)O)CC2)ccc1Br. The number of benzene rings is 1. The van der Waals surface area contributed by atoms with Crippen LogP contribution in [-0.4, -0.2) is 42.1 Å². The summed E-state index contributed by atoms with van der Waals surface area (Å²) in [6.07, 6.45) is 1.43. The van der Waals surface area contributed by atoms with Gasteiger partial charge in [0.2, 0.25) is 10.0 Å². The molecule has 1 N–H and O–H groups in total. The van der Waals surface area contributed by atoms with Crippen LogP contribution >= 0.6 is 15.9 Å². The van der Waals surface area contributed by atoms with Crippen molar-refractivity contribution in [2.45, 2.75) is 37.9 Å². The molecule has 1 unspecified atom stereocenters. The van der Waals surface area contributed by atoms with Crippen LogP contribution in [0.25, 0.3) is 0 Å². The highest BCUT2D eigenvalue weighted by Crippen LogP contribution is 2.31. The average Bonchev–Trinajstić information content (AvgIpc) is 2.49. The number of hydrogen-bond acceptors (Lipinski definition) is 3. The van der Waals surface area contributed by atoms with Gasteiger partial charge in [-0.2, -0.15) is 0 Å². The van der Waals surface area contributed by atoms with E-state index in [0.717, 1.165) is 10.0 Å². The Balaban J connectivity index is 2.07. The number of hydrogen-bond donors (Lipinski definition) is 1. The molecule has 1 aliphatic rings. The number of sulfonamides is 1. The Morgan fingerprint density at radius 2 is 1.95 bits per heavy atom. The van der Waals surface area contributed by atoms with Crippen LogP contribution in [-0.2, 0) is 14.8 Å². The zero-order chi connectivity index (χ0) is 16.5. The Kier molecular flexibility index (Phi) is 5.29. The fourth-order valence-corrected chi connectivity index (χ4v) is 4.38. The van der Waals surface area contributed by atoms with Crippen LogP contribution in [0.4, 0.5) is 0 Å². The van der Waals surface area contributed by atoms with Crippen molar-refractivity contribution in [3.05, 3.63) is 33.8 Å². The molecular formula is C15H20BrNO4S. The summed E-state index contributed by atoms with van der Waals surface area (Å²) < 4.78 is 26.8. The van der Waals surface area contributed by atoms with E-state index < -0.39 is 21.2 Å². The van der Waals surface area contributed by atoms with Gasteiger partial charge in [0.15, 0.2) is 5.25 Å². The maximum atomic E-state index is 12.2. The van der Waals surface area contributed by atoms with Crippen molar-refractivity contribution in [1.82, 2.24) is 4.31 Å². The number of nitrogens with zero attached hydrogens (tertiary/aromatic N) is 1. The van der Waals surface area contributed by atoms with Crippen LogP contribution in [0.5, 0.6) is 0 Å². The minimum absolute atomic E-state index is 0.318. The summed E-state index contributed by atoms with van der Waals surface area (Å²) >= 11 is 3.48. The number of rotatable bonds is 4. The van der Waals surface area contributed by atoms with Gasteiger partial charge in [-0.3, -0.25) is 4.79 Å². The molecule has 0 bridgehead atoms. The number of carboxylic acids is 1. The first-order chi connectivity index (χ1) is 10.2. The third-order valence-corrected chi connectivity index (χ3v) is 7.33. The molecule has 0 amide bonds. The highest BCUT2D eigenvalue weighted by Gasteiger charge is 2.36. The fourth-order valence-electron chi connectivity index (χ4n) is 2.72. The van der Waals surface area contributed by atoms with E-state index in [4.69, 9.17) is 5.11 Å². The highest BCUT2D eigenvalue weighted by atomic mass is 79.9. The van der Waals surface area contributed by atoms with E-state index in [-0.39, 0.29) is 0 Å². The topological polar surface area (TPSA) is 74.7 Å². The molecule has 0 radical (unpaired) electrons. The van der Waals surface area contributed by atoms with Gasteiger partial charge in [-0.15, -0.1) is 0 Å². The molecule has 1 aromatic rings. The second-order valence-corrected chi connectivity index (χ2v) is 8.82. The van der Waals surface area contributed by atoms with E-state index in [1.165, 1.54) is 16.8 Å². The lowest BCUT2D eigenvalue weighted by molar-refractivity contribution is -0.136. The molecule has 0 aliphatic carbocycles. The summed E-state index contributed by atoms with van der Waals surface area (Å²) in [4.78, 5) is 10.9. The number of carbonyl (C=O) groups is 1. The van der Waals surface area contributed by atoms with E-state index in [1.54, 1.807) is 0 Å². The molecule has 1 fully saturated rings. The van der Waals surface area contributed by atoms with Crippen molar-refractivity contribution in [1.29, 1.82) is 0 Å². The van der Waals surface area contributed by atoms with Gasteiger partial charge >= 0.3 is 5.97 Å². The van der Waals surface area contributed by atoms with Crippen molar-refractivity contribution >= 4 is 31.9 Å². The summed E-state index contributed by atoms with van der Waals surface area (Å²) in [7, 11) is -3.76. The first-order valence-electron chi connectivity index (χ1n) is 7.21. The molecule has 22 heavy (non-hydrogen) atoms. The summed E-state index contributed by atoms with van der Waals surface area (Å²) in [5.74, 6) is -0.982. The van der Waals surface area contributed by atoms with Gasteiger partial charge < -0.3 is 5.11 Å². The van der Waals surface area contributed by atoms with Crippen molar-refractivity contribution in [3.63, 3.8) is 0 Å². The standard InChI is InChI=1S/C15H20BrNO4S/c1-10-9-13(3-4-14(10)16)12-5-7-17(8-6-12)22(20,21)11(2)15(18)19/h3-4,9,11-12H,5-8H2,1-2H3,(H,18,19). The molecule has 0 aromatic heterocycles. The van der Waals surface area contributed by atoms with Gasteiger partial charge in [-0.25, -0.2) is 12.7 Å². The van der Waals surface area contributed by atoms with Crippen LogP contribution in [0.2, 0.25) is 0 Å². The summed E-state index contributed by atoms with van der Waals surface area (Å²) in [5, 5.41) is 7.53. The third-order valence-electron chi connectivity index (χ3n) is 4.26. The maximum absolute atomic E-state index is 12.2. The Bertz CT molecular complexity index is 666. The smallest absolute Gasteiger partial charge is 0.323 e.